The van der Waals surface area contributed by atoms with E-state index in [9.17, 15) is 4.79 Å². The van der Waals surface area contributed by atoms with Crippen molar-refractivity contribution >= 4 is 28.9 Å². The van der Waals surface area contributed by atoms with Crippen molar-refractivity contribution < 1.29 is 9.90 Å². The molecule has 1 aromatic carbocycles. The minimum atomic E-state index is -0.353. The zero-order valence-electron chi connectivity index (χ0n) is 11.7. The molecule has 1 aliphatic heterocycles. The highest BCUT2D eigenvalue weighted by Gasteiger charge is 2.30. The molecular formula is C14H20ClN3O2. The van der Waals surface area contributed by atoms with Crippen LogP contribution < -0.4 is 15.5 Å². The highest BCUT2D eigenvalue weighted by Crippen LogP contribution is 2.38. The summed E-state index contributed by atoms with van der Waals surface area (Å²) in [5.41, 5.74) is 2.50. The van der Waals surface area contributed by atoms with Crippen molar-refractivity contribution in [3.63, 3.8) is 0 Å². The molecule has 0 fully saturated rings. The Hall–Kier alpha value is -1.30. The van der Waals surface area contributed by atoms with Crippen LogP contribution in [0.5, 0.6) is 0 Å². The monoisotopic (exact) mass is 297 g/mol. The van der Waals surface area contributed by atoms with E-state index < -0.39 is 0 Å². The quantitative estimate of drug-likeness (QED) is 0.749. The Morgan fingerprint density at radius 3 is 2.80 bits per heavy atom. The average Bonchev–Trinajstić information content (AvgIpc) is 2.72. The first-order valence-electron chi connectivity index (χ1n) is 6.79. The van der Waals surface area contributed by atoms with Crippen LogP contribution >= 0.6 is 11.6 Å². The predicted molar refractivity (Wildman–Crippen MR) is 81.5 cm³/mol. The molecule has 110 valence electrons. The minimum Gasteiger partial charge on any atom is -0.395 e. The zero-order valence-corrected chi connectivity index (χ0v) is 12.5. The van der Waals surface area contributed by atoms with Crippen molar-refractivity contribution in [2.75, 3.05) is 37.0 Å². The Bertz CT molecular complexity index is 501. The molecule has 1 amide bonds. The minimum absolute atomic E-state index is 0.0684. The van der Waals surface area contributed by atoms with E-state index in [2.05, 4.69) is 17.6 Å². The number of aliphatic hydroxyl groups excluding tert-OH is 1. The fraction of sp³-hybridized carbons (Fsp3) is 0.500. The number of halogens is 1. The number of amides is 1. The van der Waals surface area contributed by atoms with Gasteiger partial charge in [-0.05, 0) is 25.6 Å². The summed E-state index contributed by atoms with van der Waals surface area (Å²) in [6.07, 6.45) is 0.957. The fourth-order valence-electron chi connectivity index (χ4n) is 2.54. The first-order chi connectivity index (χ1) is 9.62. The van der Waals surface area contributed by atoms with Crippen LogP contribution in [0.1, 0.15) is 24.9 Å². The van der Waals surface area contributed by atoms with E-state index in [1.807, 2.05) is 17.0 Å². The van der Waals surface area contributed by atoms with Crippen molar-refractivity contribution in [1.82, 2.24) is 5.32 Å². The van der Waals surface area contributed by atoms with Crippen LogP contribution in [0.3, 0.4) is 0 Å². The highest BCUT2D eigenvalue weighted by molar-refractivity contribution is 6.33. The van der Waals surface area contributed by atoms with Gasteiger partial charge in [0.15, 0.2) is 0 Å². The van der Waals surface area contributed by atoms with Gasteiger partial charge >= 0.3 is 0 Å². The summed E-state index contributed by atoms with van der Waals surface area (Å²) in [5.74, 6) is -0.0695. The molecule has 5 nitrogen and oxygen atoms in total. The molecule has 0 saturated carbocycles. The number of benzene rings is 1. The van der Waals surface area contributed by atoms with E-state index in [4.69, 9.17) is 16.7 Å². The van der Waals surface area contributed by atoms with Crippen LogP contribution in [0.2, 0.25) is 5.02 Å². The Kier molecular flexibility index (Phi) is 4.86. The summed E-state index contributed by atoms with van der Waals surface area (Å²) in [7, 11) is 1.75. The number of nitrogens with zero attached hydrogens (tertiary/aromatic N) is 1. The smallest absolute Gasteiger partial charge is 0.246 e. The van der Waals surface area contributed by atoms with Gasteiger partial charge in [-0.1, -0.05) is 18.5 Å². The molecule has 6 heteroatoms. The molecule has 3 N–H and O–H groups in total. The number of likely N-dealkylation sites (N-methyl/N-ethyl adjacent to an activating group) is 1. The molecule has 1 aromatic rings. The van der Waals surface area contributed by atoms with Crippen molar-refractivity contribution in [2.24, 2.45) is 0 Å². The molecule has 0 saturated heterocycles. The van der Waals surface area contributed by atoms with Crippen molar-refractivity contribution in [3.8, 4) is 0 Å². The van der Waals surface area contributed by atoms with E-state index >= 15 is 0 Å². The Morgan fingerprint density at radius 2 is 2.20 bits per heavy atom. The van der Waals surface area contributed by atoms with Gasteiger partial charge in [0.25, 0.3) is 0 Å². The molecular weight excluding hydrogens is 278 g/mol. The van der Waals surface area contributed by atoms with E-state index in [1.165, 1.54) is 0 Å². The molecule has 0 aromatic heterocycles. The largest absolute Gasteiger partial charge is 0.395 e. The van der Waals surface area contributed by atoms with Crippen LogP contribution in [0.4, 0.5) is 11.4 Å². The summed E-state index contributed by atoms with van der Waals surface area (Å²) in [6.45, 7) is 3.47. The number of carbonyl (C=O) groups excluding carboxylic acids is 1. The van der Waals surface area contributed by atoms with Gasteiger partial charge in [0.05, 0.1) is 17.3 Å². The Balaban J connectivity index is 2.38. The maximum atomic E-state index is 11.8. The van der Waals surface area contributed by atoms with Gasteiger partial charge in [0, 0.05) is 24.3 Å². The first kappa shape index (κ1) is 15.1. The second-order valence-corrected chi connectivity index (χ2v) is 5.22. The molecule has 1 aliphatic rings. The molecule has 0 radical (unpaired) electrons. The summed E-state index contributed by atoms with van der Waals surface area (Å²) >= 11 is 6.35. The standard InChI is InChI=1S/C14H20ClN3O2/c1-3-4-18(5-6-19)12-8-11-9(7-10(12)15)13(16-2)14(20)17-11/h7-8,13,16,19H,3-6H2,1-2H3,(H,17,20). The molecule has 0 aliphatic carbocycles. The Labute approximate surface area is 123 Å². The number of fused-ring (bicyclic) bond motifs is 1. The normalized spacial score (nSPS) is 17.0. The summed E-state index contributed by atoms with van der Waals surface area (Å²) in [5, 5.41) is 15.6. The number of carbonyl (C=O) groups is 1. The number of anilines is 2. The van der Waals surface area contributed by atoms with Crippen LogP contribution in [-0.4, -0.2) is 37.8 Å². The maximum Gasteiger partial charge on any atom is 0.246 e. The van der Waals surface area contributed by atoms with Gasteiger partial charge in [0.1, 0.15) is 6.04 Å². The summed E-state index contributed by atoms with van der Waals surface area (Å²) < 4.78 is 0. The Morgan fingerprint density at radius 1 is 1.45 bits per heavy atom. The number of nitrogens with one attached hydrogen (secondary N) is 2. The highest BCUT2D eigenvalue weighted by atomic mass is 35.5. The van der Waals surface area contributed by atoms with Crippen LogP contribution in [0.15, 0.2) is 12.1 Å². The SMILES string of the molecule is CCCN(CCO)c1cc2c(cc1Cl)C(NC)C(=O)N2. The summed E-state index contributed by atoms with van der Waals surface area (Å²) in [6, 6.07) is 3.36. The first-order valence-corrected chi connectivity index (χ1v) is 7.17. The van der Waals surface area contributed by atoms with Crippen LogP contribution in [0.25, 0.3) is 0 Å². The number of aliphatic hydroxyl groups is 1. The number of hydrogen-bond donors (Lipinski definition) is 3. The number of rotatable bonds is 6. The lowest BCUT2D eigenvalue weighted by Gasteiger charge is -2.25. The zero-order chi connectivity index (χ0) is 14.7. The predicted octanol–water partition coefficient (Wildman–Crippen LogP) is 1.76. The van der Waals surface area contributed by atoms with Gasteiger partial charge in [-0.25, -0.2) is 0 Å². The topological polar surface area (TPSA) is 64.6 Å². The number of hydrogen-bond acceptors (Lipinski definition) is 4. The van der Waals surface area contributed by atoms with Crippen LogP contribution in [-0.2, 0) is 4.79 Å². The van der Waals surface area contributed by atoms with E-state index in [1.54, 1.807) is 7.05 Å². The third-order valence-corrected chi connectivity index (χ3v) is 3.75. The van der Waals surface area contributed by atoms with Gasteiger partial charge in [-0.3, -0.25) is 4.79 Å². The van der Waals surface area contributed by atoms with Gasteiger partial charge in [-0.15, -0.1) is 0 Å². The lowest BCUT2D eigenvalue weighted by Crippen LogP contribution is -2.27. The van der Waals surface area contributed by atoms with E-state index in [0.29, 0.717) is 11.6 Å². The lowest BCUT2D eigenvalue weighted by molar-refractivity contribution is -0.117. The molecule has 1 unspecified atom stereocenters. The van der Waals surface area contributed by atoms with E-state index in [-0.39, 0.29) is 18.6 Å². The second kappa shape index (κ2) is 6.43. The van der Waals surface area contributed by atoms with E-state index in [0.717, 1.165) is 29.9 Å². The molecule has 1 heterocycles. The molecule has 20 heavy (non-hydrogen) atoms. The lowest BCUT2D eigenvalue weighted by atomic mass is 10.1. The third-order valence-electron chi connectivity index (χ3n) is 3.44. The van der Waals surface area contributed by atoms with Crippen molar-refractivity contribution in [3.05, 3.63) is 22.7 Å². The van der Waals surface area contributed by atoms with Gasteiger partial charge < -0.3 is 20.6 Å². The third kappa shape index (κ3) is 2.75. The molecule has 0 bridgehead atoms. The average molecular weight is 298 g/mol. The van der Waals surface area contributed by atoms with Gasteiger partial charge in [-0.2, -0.15) is 0 Å². The molecule has 1 atom stereocenters. The van der Waals surface area contributed by atoms with Crippen molar-refractivity contribution in [2.45, 2.75) is 19.4 Å². The second-order valence-electron chi connectivity index (χ2n) is 4.81. The molecule has 2 rings (SSSR count). The summed E-state index contributed by atoms with van der Waals surface area (Å²) in [4.78, 5) is 13.9. The maximum absolute atomic E-state index is 11.8. The fourth-order valence-corrected chi connectivity index (χ4v) is 2.83. The van der Waals surface area contributed by atoms with Gasteiger partial charge in [0.2, 0.25) is 5.91 Å². The van der Waals surface area contributed by atoms with Crippen molar-refractivity contribution in [1.29, 1.82) is 0 Å². The van der Waals surface area contributed by atoms with Crippen LogP contribution in [0, 0.1) is 0 Å². The molecule has 0 spiro atoms.